The van der Waals surface area contributed by atoms with E-state index in [9.17, 15) is 9.59 Å². The zero-order valence-corrected chi connectivity index (χ0v) is 21.2. The molecule has 1 heterocycles. The molecule has 0 radical (unpaired) electrons. The fourth-order valence-corrected chi connectivity index (χ4v) is 4.48. The maximum atomic E-state index is 13.1. The Kier molecular flexibility index (Phi) is 8.08. The molecule has 186 valence electrons. The molecule has 4 rings (SSSR count). The number of carbonyl (C=O) groups excluding carboxylic acids is 1. The van der Waals surface area contributed by atoms with E-state index >= 15 is 0 Å². The van der Waals surface area contributed by atoms with Crippen molar-refractivity contribution in [3.05, 3.63) is 94.0 Å². The number of carboxylic acids is 1. The van der Waals surface area contributed by atoms with E-state index in [1.807, 2.05) is 42.5 Å². The van der Waals surface area contributed by atoms with Gasteiger partial charge in [-0.2, -0.15) is 0 Å². The first-order chi connectivity index (χ1) is 17.3. The molecule has 3 aromatic rings. The quantitative estimate of drug-likeness (QED) is 0.305. The van der Waals surface area contributed by atoms with Gasteiger partial charge in [0.15, 0.2) is 0 Å². The number of hydrogen-bond donors (Lipinski definition) is 3. The molecular weight excluding hydrogens is 474 g/mol. The fraction of sp³-hybridized carbons (Fsp3) is 0.241. The van der Waals surface area contributed by atoms with Crippen molar-refractivity contribution in [2.45, 2.75) is 25.7 Å². The number of fused-ring (bicyclic) bond motifs is 1. The van der Waals surface area contributed by atoms with E-state index in [1.165, 1.54) is 5.56 Å². The van der Waals surface area contributed by atoms with Crippen molar-refractivity contribution in [1.29, 1.82) is 0 Å². The third-order valence-electron chi connectivity index (χ3n) is 6.11. The van der Waals surface area contributed by atoms with Gasteiger partial charge >= 0.3 is 5.97 Å². The number of benzene rings is 3. The van der Waals surface area contributed by atoms with Gasteiger partial charge in [0.1, 0.15) is 0 Å². The summed E-state index contributed by atoms with van der Waals surface area (Å²) in [5, 5.41) is 16.0. The first kappa shape index (κ1) is 25.5. The lowest BCUT2D eigenvalue weighted by Gasteiger charge is -2.16. The molecule has 0 aromatic heterocycles. The number of hydrogen-bond acceptors (Lipinski definition) is 4. The summed E-state index contributed by atoms with van der Waals surface area (Å²) in [7, 11) is 4.14. The standard InChI is InChI=1S/C29H30ClN3O3/c1-33(2)16-4-6-20-5-3-7-23(17-20)31-28(21-11-8-19(9-12-21)10-15-26(34)35)27-24-14-13-22(30)18-25(24)32-29(27)36/h3,5,7-9,11-14,17-18,31H,4,6,10,15-16H2,1-2H3,(H,32,36)(H,34,35). The second-order valence-corrected chi connectivity index (χ2v) is 9.65. The highest BCUT2D eigenvalue weighted by molar-refractivity contribution is 6.38. The van der Waals surface area contributed by atoms with Crippen molar-refractivity contribution in [3.8, 4) is 0 Å². The van der Waals surface area contributed by atoms with Crippen molar-refractivity contribution in [3.63, 3.8) is 0 Å². The van der Waals surface area contributed by atoms with Gasteiger partial charge in [0.25, 0.3) is 5.91 Å². The van der Waals surface area contributed by atoms with Crippen molar-refractivity contribution in [2.75, 3.05) is 31.3 Å². The normalized spacial score (nSPS) is 13.9. The molecule has 0 saturated heterocycles. The number of carbonyl (C=O) groups is 2. The lowest BCUT2D eigenvalue weighted by Crippen LogP contribution is -2.13. The summed E-state index contributed by atoms with van der Waals surface area (Å²) in [4.78, 5) is 26.3. The lowest BCUT2D eigenvalue weighted by atomic mass is 9.98. The molecule has 0 saturated carbocycles. The predicted octanol–water partition coefficient (Wildman–Crippen LogP) is 5.78. The summed E-state index contributed by atoms with van der Waals surface area (Å²) in [5.74, 6) is -1.03. The average Bonchev–Trinajstić information content (AvgIpc) is 3.16. The molecule has 0 aliphatic carbocycles. The highest BCUT2D eigenvalue weighted by Crippen LogP contribution is 2.39. The molecule has 3 N–H and O–H groups in total. The van der Waals surface area contributed by atoms with Gasteiger partial charge in [0.2, 0.25) is 0 Å². The van der Waals surface area contributed by atoms with Crippen LogP contribution in [-0.4, -0.2) is 42.5 Å². The number of aliphatic carboxylic acids is 1. The lowest BCUT2D eigenvalue weighted by molar-refractivity contribution is -0.137. The first-order valence-corrected chi connectivity index (χ1v) is 12.4. The van der Waals surface area contributed by atoms with Crippen LogP contribution in [-0.2, 0) is 22.4 Å². The largest absolute Gasteiger partial charge is 0.481 e. The Balaban J connectivity index is 1.71. The van der Waals surface area contributed by atoms with Crippen molar-refractivity contribution >= 4 is 46.1 Å². The van der Waals surface area contributed by atoms with Crippen molar-refractivity contribution in [2.24, 2.45) is 0 Å². The van der Waals surface area contributed by atoms with Crippen LogP contribution in [0.5, 0.6) is 0 Å². The molecule has 1 aliphatic heterocycles. The van der Waals surface area contributed by atoms with Crippen LogP contribution in [0.25, 0.3) is 11.3 Å². The Labute approximate surface area is 216 Å². The minimum atomic E-state index is -0.827. The molecular formula is C29H30ClN3O3. The molecule has 1 amide bonds. The summed E-state index contributed by atoms with van der Waals surface area (Å²) < 4.78 is 0. The van der Waals surface area contributed by atoms with Crippen molar-refractivity contribution < 1.29 is 14.7 Å². The van der Waals surface area contributed by atoms with E-state index in [0.717, 1.165) is 41.8 Å². The van der Waals surface area contributed by atoms with Crippen LogP contribution in [0.15, 0.2) is 66.7 Å². The Morgan fingerprint density at radius 2 is 1.78 bits per heavy atom. The Morgan fingerprint density at radius 1 is 1.00 bits per heavy atom. The number of aryl methyl sites for hydroxylation is 2. The minimum absolute atomic E-state index is 0.0721. The van der Waals surface area contributed by atoms with E-state index in [2.05, 4.69) is 41.8 Å². The van der Waals surface area contributed by atoms with Gasteiger partial charge in [-0.15, -0.1) is 0 Å². The van der Waals surface area contributed by atoms with Crippen LogP contribution < -0.4 is 10.6 Å². The Morgan fingerprint density at radius 3 is 2.50 bits per heavy atom. The fourth-order valence-electron chi connectivity index (χ4n) is 4.31. The molecule has 0 spiro atoms. The van der Waals surface area contributed by atoms with Crippen LogP contribution in [0.1, 0.15) is 35.1 Å². The number of carboxylic acid groups (broad SMARTS) is 1. The molecule has 3 aromatic carbocycles. The van der Waals surface area contributed by atoms with Gasteiger partial charge in [-0.05, 0) is 80.9 Å². The van der Waals surface area contributed by atoms with E-state index in [1.54, 1.807) is 12.1 Å². The third kappa shape index (κ3) is 6.33. The smallest absolute Gasteiger partial charge is 0.303 e. The number of anilines is 2. The van der Waals surface area contributed by atoms with Gasteiger partial charge in [0, 0.05) is 22.7 Å². The van der Waals surface area contributed by atoms with E-state index in [0.29, 0.717) is 28.4 Å². The summed E-state index contributed by atoms with van der Waals surface area (Å²) >= 11 is 6.17. The second-order valence-electron chi connectivity index (χ2n) is 9.22. The molecule has 7 heteroatoms. The number of rotatable bonds is 10. The topological polar surface area (TPSA) is 81.7 Å². The maximum Gasteiger partial charge on any atom is 0.303 e. The minimum Gasteiger partial charge on any atom is -0.481 e. The average molecular weight is 504 g/mol. The maximum absolute atomic E-state index is 13.1. The highest BCUT2D eigenvalue weighted by atomic mass is 35.5. The summed E-state index contributed by atoms with van der Waals surface area (Å²) in [6, 6.07) is 21.3. The van der Waals surface area contributed by atoms with Gasteiger partial charge < -0.3 is 20.6 Å². The SMILES string of the molecule is CN(C)CCCc1cccc(NC(=C2C(=O)Nc3cc(Cl)ccc32)c2ccc(CCC(=O)O)cc2)c1. The molecule has 0 unspecified atom stereocenters. The number of nitrogens with one attached hydrogen (secondary N) is 2. The molecule has 0 bridgehead atoms. The van der Waals surface area contributed by atoms with Gasteiger partial charge in [0.05, 0.1) is 17.0 Å². The second kappa shape index (κ2) is 11.4. The highest BCUT2D eigenvalue weighted by Gasteiger charge is 2.28. The number of halogens is 1. The van der Waals surface area contributed by atoms with Crippen LogP contribution in [0.2, 0.25) is 5.02 Å². The molecule has 0 fully saturated rings. The van der Waals surface area contributed by atoms with Gasteiger partial charge in [-0.25, -0.2) is 0 Å². The monoisotopic (exact) mass is 503 g/mol. The van der Waals surface area contributed by atoms with Gasteiger partial charge in [-0.3, -0.25) is 9.59 Å². The zero-order valence-electron chi connectivity index (χ0n) is 20.5. The molecule has 6 nitrogen and oxygen atoms in total. The summed E-state index contributed by atoms with van der Waals surface area (Å²) in [6.45, 7) is 1.01. The third-order valence-corrected chi connectivity index (χ3v) is 6.35. The number of nitrogens with zero attached hydrogens (tertiary/aromatic N) is 1. The van der Waals surface area contributed by atoms with Crippen LogP contribution in [0.3, 0.4) is 0 Å². The van der Waals surface area contributed by atoms with Crippen LogP contribution >= 0.6 is 11.6 Å². The zero-order chi connectivity index (χ0) is 25.7. The van der Waals surface area contributed by atoms with Crippen molar-refractivity contribution in [1.82, 2.24) is 4.90 Å². The molecule has 36 heavy (non-hydrogen) atoms. The van der Waals surface area contributed by atoms with Crippen LogP contribution in [0.4, 0.5) is 11.4 Å². The van der Waals surface area contributed by atoms with E-state index in [4.69, 9.17) is 16.7 Å². The molecule has 0 atom stereocenters. The summed E-state index contributed by atoms with van der Waals surface area (Å²) in [6.07, 6.45) is 2.53. The predicted molar refractivity (Wildman–Crippen MR) is 146 cm³/mol. The Bertz CT molecular complexity index is 1300. The van der Waals surface area contributed by atoms with E-state index < -0.39 is 5.97 Å². The Hall–Kier alpha value is -3.61. The number of amides is 1. The first-order valence-electron chi connectivity index (χ1n) is 12.0. The van der Waals surface area contributed by atoms with Crippen LogP contribution in [0, 0.1) is 0 Å². The summed E-state index contributed by atoms with van der Waals surface area (Å²) in [5.41, 5.74) is 6.56. The van der Waals surface area contributed by atoms with E-state index in [-0.39, 0.29) is 12.3 Å². The van der Waals surface area contributed by atoms with Gasteiger partial charge in [-0.1, -0.05) is 54.1 Å². The molecule has 1 aliphatic rings.